The van der Waals surface area contributed by atoms with Crippen LogP contribution in [0.1, 0.15) is 39.0 Å². The summed E-state index contributed by atoms with van der Waals surface area (Å²) in [5, 5.41) is 0. The largest absolute Gasteiger partial charge is 0.399 e. The van der Waals surface area contributed by atoms with Crippen LogP contribution in [0.3, 0.4) is 0 Å². The van der Waals surface area contributed by atoms with Crippen molar-refractivity contribution >= 4 is 11.3 Å². The summed E-state index contributed by atoms with van der Waals surface area (Å²) in [4.78, 5) is 7.45. The monoisotopic (exact) mass is 336 g/mol. The van der Waals surface area contributed by atoms with Crippen LogP contribution >= 0.6 is 0 Å². The van der Waals surface area contributed by atoms with Gasteiger partial charge < -0.3 is 10.1 Å². The first-order chi connectivity index (χ1) is 11.8. The van der Waals surface area contributed by atoms with Crippen molar-refractivity contribution < 1.29 is 0 Å². The summed E-state index contributed by atoms with van der Waals surface area (Å²) in [7, 11) is 0. The number of rotatable bonds is 4. The SMILES string of the molecule is CCN(Cc1c(-c2ccc(N)cc2)nc2c(C)cccn12)C(C)(C)C. The highest BCUT2D eigenvalue weighted by Gasteiger charge is 2.24. The summed E-state index contributed by atoms with van der Waals surface area (Å²) in [5.74, 6) is 0. The second kappa shape index (κ2) is 6.52. The predicted octanol–water partition coefficient (Wildman–Crippen LogP) is 4.51. The third-order valence-corrected chi connectivity index (χ3v) is 4.80. The third-order valence-electron chi connectivity index (χ3n) is 4.80. The molecule has 0 bridgehead atoms. The van der Waals surface area contributed by atoms with Crippen LogP contribution in [0.25, 0.3) is 16.9 Å². The lowest BCUT2D eigenvalue weighted by molar-refractivity contribution is 0.134. The molecule has 3 rings (SSSR count). The highest BCUT2D eigenvalue weighted by atomic mass is 15.2. The van der Waals surface area contributed by atoms with Crippen molar-refractivity contribution in [1.29, 1.82) is 0 Å². The van der Waals surface area contributed by atoms with Crippen LogP contribution in [0.4, 0.5) is 5.69 Å². The summed E-state index contributed by atoms with van der Waals surface area (Å²) in [6.45, 7) is 12.9. The molecule has 0 aliphatic carbocycles. The summed E-state index contributed by atoms with van der Waals surface area (Å²) in [6, 6.07) is 12.2. The van der Waals surface area contributed by atoms with Crippen LogP contribution in [-0.2, 0) is 6.54 Å². The van der Waals surface area contributed by atoms with Crippen molar-refractivity contribution in [1.82, 2.24) is 14.3 Å². The average Bonchev–Trinajstić information content (AvgIpc) is 2.92. The Hall–Kier alpha value is -2.33. The highest BCUT2D eigenvalue weighted by molar-refractivity contribution is 5.69. The van der Waals surface area contributed by atoms with E-state index in [1.54, 1.807) is 0 Å². The van der Waals surface area contributed by atoms with E-state index in [1.807, 2.05) is 12.1 Å². The topological polar surface area (TPSA) is 46.6 Å². The fourth-order valence-electron chi connectivity index (χ4n) is 3.28. The van der Waals surface area contributed by atoms with E-state index in [0.717, 1.165) is 35.7 Å². The molecule has 0 spiro atoms. The quantitative estimate of drug-likeness (QED) is 0.713. The number of aromatic nitrogens is 2. The van der Waals surface area contributed by atoms with E-state index >= 15 is 0 Å². The Morgan fingerprint density at radius 1 is 1.12 bits per heavy atom. The molecule has 0 saturated carbocycles. The molecule has 2 N–H and O–H groups in total. The van der Waals surface area contributed by atoms with Gasteiger partial charge in [0.05, 0.1) is 11.4 Å². The molecule has 0 aliphatic heterocycles. The fourth-order valence-corrected chi connectivity index (χ4v) is 3.28. The van der Waals surface area contributed by atoms with Gasteiger partial charge in [-0.15, -0.1) is 0 Å². The van der Waals surface area contributed by atoms with E-state index in [0.29, 0.717) is 0 Å². The zero-order valence-corrected chi connectivity index (χ0v) is 15.9. The first kappa shape index (κ1) is 17.5. The van der Waals surface area contributed by atoms with Crippen LogP contribution in [0.2, 0.25) is 0 Å². The predicted molar refractivity (Wildman–Crippen MR) is 106 cm³/mol. The van der Waals surface area contributed by atoms with E-state index in [2.05, 4.69) is 74.4 Å². The number of pyridine rings is 1. The third kappa shape index (κ3) is 3.40. The summed E-state index contributed by atoms with van der Waals surface area (Å²) >= 11 is 0. The van der Waals surface area contributed by atoms with Gasteiger partial charge in [-0.3, -0.25) is 4.90 Å². The maximum absolute atomic E-state index is 5.87. The molecule has 2 heterocycles. The number of nitrogens with two attached hydrogens (primary N) is 1. The van der Waals surface area contributed by atoms with Gasteiger partial charge in [-0.25, -0.2) is 4.98 Å². The van der Waals surface area contributed by atoms with E-state index in [9.17, 15) is 0 Å². The van der Waals surface area contributed by atoms with Crippen molar-refractivity contribution in [2.24, 2.45) is 0 Å². The van der Waals surface area contributed by atoms with Crippen LogP contribution in [0.15, 0.2) is 42.6 Å². The van der Waals surface area contributed by atoms with Gasteiger partial charge in [0.15, 0.2) is 0 Å². The number of anilines is 1. The molecule has 0 radical (unpaired) electrons. The van der Waals surface area contributed by atoms with Crippen molar-refractivity contribution in [2.75, 3.05) is 12.3 Å². The standard InChI is InChI=1S/C21H28N4/c1-6-24(21(3,4)5)14-18-19(16-9-11-17(22)12-10-16)23-20-15(2)8-7-13-25(18)20/h7-13H,6,14,22H2,1-5H3. The second-order valence-electron chi connectivity index (χ2n) is 7.60. The minimum Gasteiger partial charge on any atom is -0.399 e. The Morgan fingerprint density at radius 3 is 2.40 bits per heavy atom. The molecule has 1 aromatic carbocycles. The lowest BCUT2D eigenvalue weighted by Crippen LogP contribution is -2.40. The Kier molecular flexibility index (Phi) is 4.56. The minimum absolute atomic E-state index is 0.0983. The molecule has 4 heteroatoms. The van der Waals surface area contributed by atoms with Crippen LogP contribution < -0.4 is 5.73 Å². The number of benzene rings is 1. The molecule has 3 aromatic rings. The van der Waals surface area contributed by atoms with Gasteiger partial charge in [-0.2, -0.15) is 0 Å². The molecule has 0 fully saturated rings. The molecular weight excluding hydrogens is 308 g/mol. The van der Waals surface area contributed by atoms with Crippen molar-refractivity contribution in [3.63, 3.8) is 0 Å². The van der Waals surface area contributed by atoms with Crippen molar-refractivity contribution in [3.05, 3.63) is 53.9 Å². The van der Waals surface area contributed by atoms with Crippen LogP contribution in [-0.4, -0.2) is 26.4 Å². The molecule has 25 heavy (non-hydrogen) atoms. The maximum Gasteiger partial charge on any atom is 0.140 e. The van der Waals surface area contributed by atoms with Crippen LogP contribution in [0, 0.1) is 6.92 Å². The van der Waals surface area contributed by atoms with E-state index in [4.69, 9.17) is 10.7 Å². The Balaban J connectivity index is 2.18. The first-order valence-electron chi connectivity index (χ1n) is 8.88. The molecule has 4 nitrogen and oxygen atoms in total. The lowest BCUT2D eigenvalue weighted by Gasteiger charge is -2.34. The zero-order chi connectivity index (χ0) is 18.2. The zero-order valence-electron chi connectivity index (χ0n) is 15.9. The number of nitrogens with zero attached hydrogens (tertiary/aromatic N) is 3. The lowest BCUT2D eigenvalue weighted by atomic mass is 10.0. The van der Waals surface area contributed by atoms with E-state index in [-0.39, 0.29) is 5.54 Å². The van der Waals surface area contributed by atoms with Gasteiger partial charge in [0, 0.05) is 29.5 Å². The summed E-state index contributed by atoms with van der Waals surface area (Å²) < 4.78 is 2.23. The molecule has 132 valence electrons. The minimum atomic E-state index is 0.0983. The molecule has 2 aromatic heterocycles. The number of fused-ring (bicyclic) bond motifs is 1. The van der Waals surface area contributed by atoms with Crippen LogP contribution in [0.5, 0.6) is 0 Å². The van der Waals surface area contributed by atoms with Gasteiger partial charge >= 0.3 is 0 Å². The average molecular weight is 336 g/mol. The van der Waals surface area contributed by atoms with Gasteiger partial charge in [-0.1, -0.05) is 25.1 Å². The van der Waals surface area contributed by atoms with Crippen molar-refractivity contribution in [3.8, 4) is 11.3 Å². The molecule has 0 amide bonds. The number of hydrogen-bond donors (Lipinski definition) is 1. The maximum atomic E-state index is 5.87. The Bertz CT molecular complexity index is 869. The second-order valence-corrected chi connectivity index (χ2v) is 7.60. The van der Waals surface area contributed by atoms with Gasteiger partial charge in [0.1, 0.15) is 5.65 Å². The number of nitrogen functional groups attached to an aromatic ring is 1. The Morgan fingerprint density at radius 2 is 1.80 bits per heavy atom. The van der Waals surface area contributed by atoms with Gasteiger partial charge in [0.2, 0.25) is 0 Å². The molecular formula is C21H28N4. The Labute approximate surface area is 150 Å². The summed E-state index contributed by atoms with van der Waals surface area (Å²) in [6.07, 6.45) is 2.11. The van der Waals surface area contributed by atoms with Gasteiger partial charge in [-0.05, 0) is 58.0 Å². The molecule has 0 aliphatic rings. The molecule has 0 atom stereocenters. The van der Waals surface area contributed by atoms with E-state index in [1.165, 1.54) is 11.3 Å². The summed E-state index contributed by atoms with van der Waals surface area (Å²) in [5.41, 5.74) is 12.3. The smallest absolute Gasteiger partial charge is 0.140 e. The fraction of sp³-hybridized carbons (Fsp3) is 0.381. The van der Waals surface area contributed by atoms with Crippen molar-refractivity contribution in [2.45, 2.75) is 46.7 Å². The number of aryl methyl sites for hydroxylation is 1. The molecule has 0 unspecified atom stereocenters. The molecule has 0 saturated heterocycles. The first-order valence-corrected chi connectivity index (χ1v) is 8.88. The van der Waals surface area contributed by atoms with Gasteiger partial charge in [0.25, 0.3) is 0 Å². The number of imidazole rings is 1. The highest BCUT2D eigenvalue weighted by Crippen LogP contribution is 2.29. The van der Waals surface area contributed by atoms with E-state index < -0.39 is 0 Å². The number of hydrogen-bond acceptors (Lipinski definition) is 3. The normalized spacial score (nSPS) is 12.2.